The van der Waals surface area contributed by atoms with Crippen LogP contribution in [0.1, 0.15) is 46.4 Å². The quantitative estimate of drug-likeness (QED) is 0.584. The van der Waals surface area contributed by atoms with Crippen LogP contribution in [-0.2, 0) is 14.4 Å². The Morgan fingerprint density at radius 1 is 1.09 bits per heavy atom. The SMILES string of the molecule is CNC(=O)CCCN1CCN(c2cccc3c2C(=O)N(C2CCC(=O)NC2=O)C3=O)CC1. The topological polar surface area (TPSA) is 119 Å². The highest BCUT2D eigenvalue weighted by atomic mass is 16.2. The first-order chi connectivity index (χ1) is 15.4. The van der Waals surface area contributed by atoms with Gasteiger partial charge in [-0.1, -0.05) is 6.07 Å². The molecule has 0 spiro atoms. The number of carbonyl (C=O) groups is 5. The minimum Gasteiger partial charge on any atom is -0.368 e. The minimum atomic E-state index is -0.967. The van der Waals surface area contributed by atoms with Crippen LogP contribution in [0, 0.1) is 0 Å². The minimum absolute atomic E-state index is 0.0345. The Kier molecular flexibility index (Phi) is 6.22. The van der Waals surface area contributed by atoms with Crippen molar-refractivity contribution in [3.8, 4) is 0 Å². The summed E-state index contributed by atoms with van der Waals surface area (Å²) in [6.45, 7) is 3.79. The number of amides is 5. The van der Waals surface area contributed by atoms with Crippen LogP contribution in [-0.4, -0.2) is 85.1 Å². The predicted octanol–water partition coefficient (Wildman–Crippen LogP) is -0.264. The second-order valence-electron chi connectivity index (χ2n) is 8.25. The Labute approximate surface area is 185 Å². The van der Waals surface area contributed by atoms with Gasteiger partial charge < -0.3 is 10.2 Å². The lowest BCUT2D eigenvalue weighted by atomic mass is 10.0. The van der Waals surface area contributed by atoms with E-state index >= 15 is 0 Å². The molecule has 1 atom stereocenters. The molecule has 1 unspecified atom stereocenters. The summed E-state index contributed by atoms with van der Waals surface area (Å²) >= 11 is 0. The highest BCUT2D eigenvalue weighted by Gasteiger charge is 2.46. The van der Waals surface area contributed by atoms with Crippen molar-refractivity contribution >= 4 is 35.2 Å². The summed E-state index contributed by atoms with van der Waals surface area (Å²) in [4.78, 5) is 66.8. The summed E-state index contributed by atoms with van der Waals surface area (Å²) in [5.41, 5.74) is 1.32. The maximum Gasteiger partial charge on any atom is 0.264 e. The summed E-state index contributed by atoms with van der Waals surface area (Å²) in [6.07, 6.45) is 1.52. The molecule has 10 nitrogen and oxygen atoms in total. The van der Waals surface area contributed by atoms with Gasteiger partial charge in [0.15, 0.2) is 0 Å². The van der Waals surface area contributed by atoms with Crippen LogP contribution < -0.4 is 15.5 Å². The number of hydrogen-bond donors (Lipinski definition) is 2. The third-order valence-corrected chi connectivity index (χ3v) is 6.32. The molecule has 0 bridgehead atoms. The van der Waals surface area contributed by atoms with Crippen LogP contribution in [0.3, 0.4) is 0 Å². The third kappa shape index (κ3) is 4.10. The molecule has 0 saturated carbocycles. The van der Waals surface area contributed by atoms with E-state index in [4.69, 9.17) is 0 Å². The average Bonchev–Trinajstić information content (AvgIpc) is 3.04. The Morgan fingerprint density at radius 2 is 1.84 bits per heavy atom. The van der Waals surface area contributed by atoms with Crippen molar-refractivity contribution in [2.24, 2.45) is 0 Å². The lowest BCUT2D eigenvalue weighted by molar-refractivity contribution is -0.136. The zero-order valence-electron chi connectivity index (χ0n) is 18.1. The summed E-state index contributed by atoms with van der Waals surface area (Å²) in [5.74, 6) is -1.94. The van der Waals surface area contributed by atoms with Crippen molar-refractivity contribution in [2.75, 3.05) is 44.7 Å². The number of hydrogen-bond acceptors (Lipinski definition) is 7. The van der Waals surface area contributed by atoms with Gasteiger partial charge >= 0.3 is 0 Å². The molecular weight excluding hydrogens is 414 g/mol. The van der Waals surface area contributed by atoms with E-state index in [1.807, 2.05) is 6.07 Å². The van der Waals surface area contributed by atoms with Gasteiger partial charge in [0.25, 0.3) is 11.8 Å². The van der Waals surface area contributed by atoms with E-state index < -0.39 is 29.7 Å². The van der Waals surface area contributed by atoms with Gasteiger partial charge in [-0.2, -0.15) is 0 Å². The molecule has 5 amide bonds. The number of imide groups is 2. The number of benzene rings is 1. The Bertz CT molecular complexity index is 969. The first-order valence-electron chi connectivity index (χ1n) is 10.9. The largest absolute Gasteiger partial charge is 0.368 e. The molecule has 0 aromatic heterocycles. The van der Waals surface area contributed by atoms with Crippen molar-refractivity contribution in [3.63, 3.8) is 0 Å². The highest BCUT2D eigenvalue weighted by molar-refractivity contribution is 6.25. The fraction of sp³-hybridized carbons (Fsp3) is 0.500. The number of nitrogens with zero attached hydrogens (tertiary/aromatic N) is 3. The monoisotopic (exact) mass is 441 g/mol. The van der Waals surface area contributed by atoms with E-state index in [-0.39, 0.29) is 18.7 Å². The number of rotatable bonds is 6. The highest BCUT2D eigenvalue weighted by Crippen LogP contribution is 2.34. The Hall–Kier alpha value is -3.27. The molecular formula is C22H27N5O5. The number of nitrogens with one attached hydrogen (secondary N) is 2. The van der Waals surface area contributed by atoms with Crippen molar-refractivity contribution < 1.29 is 24.0 Å². The lowest BCUT2D eigenvalue weighted by Crippen LogP contribution is -2.54. The first-order valence-corrected chi connectivity index (χ1v) is 10.9. The molecule has 2 fully saturated rings. The zero-order valence-corrected chi connectivity index (χ0v) is 18.1. The summed E-state index contributed by atoms with van der Waals surface area (Å²) in [7, 11) is 1.63. The van der Waals surface area contributed by atoms with Gasteiger partial charge in [-0.15, -0.1) is 0 Å². The lowest BCUT2D eigenvalue weighted by Gasteiger charge is -2.36. The number of piperazine rings is 1. The zero-order chi connectivity index (χ0) is 22.8. The molecule has 2 N–H and O–H groups in total. The van der Waals surface area contributed by atoms with Gasteiger partial charge in [0.2, 0.25) is 17.7 Å². The molecule has 170 valence electrons. The van der Waals surface area contributed by atoms with E-state index in [1.165, 1.54) is 0 Å². The fourth-order valence-corrected chi connectivity index (χ4v) is 4.56. The molecule has 4 rings (SSSR count). The number of fused-ring (bicyclic) bond motifs is 1. The van der Waals surface area contributed by atoms with Crippen molar-refractivity contribution in [1.29, 1.82) is 0 Å². The van der Waals surface area contributed by atoms with Crippen molar-refractivity contribution in [3.05, 3.63) is 29.3 Å². The molecule has 3 heterocycles. The summed E-state index contributed by atoms with van der Waals surface area (Å²) in [5, 5.41) is 4.84. The fourth-order valence-electron chi connectivity index (χ4n) is 4.56. The van der Waals surface area contributed by atoms with Crippen LogP contribution in [0.4, 0.5) is 5.69 Å². The predicted molar refractivity (Wildman–Crippen MR) is 115 cm³/mol. The maximum absolute atomic E-state index is 13.3. The molecule has 3 aliphatic heterocycles. The molecule has 1 aromatic rings. The van der Waals surface area contributed by atoms with Gasteiger partial charge in [0.1, 0.15) is 6.04 Å². The van der Waals surface area contributed by atoms with E-state index in [0.29, 0.717) is 36.3 Å². The molecule has 0 aliphatic carbocycles. The van der Waals surface area contributed by atoms with Crippen LogP contribution in [0.15, 0.2) is 18.2 Å². The second kappa shape index (κ2) is 9.07. The van der Waals surface area contributed by atoms with Gasteiger partial charge in [-0.3, -0.25) is 39.1 Å². The van der Waals surface area contributed by atoms with Gasteiger partial charge in [0.05, 0.1) is 16.8 Å². The van der Waals surface area contributed by atoms with E-state index in [0.717, 1.165) is 31.0 Å². The smallest absolute Gasteiger partial charge is 0.264 e. The molecule has 2 saturated heterocycles. The second-order valence-corrected chi connectivity index (χ2v) is 8.25. The average molecular weight is 441 g/mol. The van der Waals surface area contributed by atoms with E-state index in [9.17, 15) is 24.0 Å². The summed E-state index contributed by atoms with van der Waals surface area (Å²) in [6, 6.07) is 4.23. The van der Waals surface area contributed by atoms with Crippen LogP contribution in [0.2, 0.25) is 0 Å². The first kappa shape index (κ1) is 21.9. The number of anilines is 1. The molecule has 32 heavy (non-hydrogen) atoms. The van der Waals surface area contributed by atoms with Crippen LogP contribution in [0.5, 0.6) is 0 Å². The van der Waals surface area contributed by atoms with E-state index in [1.54, 1.807) is 19.2 Å². The van der Waals surface area contributed by atoms with Crippen LogP contribution >= 0.6 is 0 Å². The standard InChI is InChI=1S/C22H27N5O5/c1-23-17(28)6-3-9-25-10-12-26(13-11-25)15-5-2-4-14-19(15)22(32)27(21(14)31)16-7-8-18(29)24-20(16)30/h2,4-5,16H,3,6-13H2,1H3,(H,23,28)(H,24,29,30). The molecule has 0 radical (unpaired) electrons. The normalized spacial score (nSPS) is 21.6. The molecule has 3 aliphatic rings. The summed E-state index contributed by atoms with van der Waals surface area (Å²) < 4.78 is 0. The third-order valence-electron chi connectivity index (χ3n) is 6.32. The number of piperidine rings is 1. The van der Waals surface area contributed by atoms with Crippen molar-refractivity contribution in [2.45, 2.75) is 31.7 Å². The van der Waals surface area contributed by atoms with Gasteiger partial charge in [-0.05, 0) is 31.5 Å². The Morgan fingerprint density at radius 3 is 2.53 bits per heavy atom. The van der Waals surface area contributed by atoms with Gasteiger partial charge in [-0.25, -0.2) is 0 Å². The van der Waals surface area contributed by atoms with Gasteiger partial charge in [0, 0.05) is 46.1 Å². The Balaban J connectivity index is 1.45. The molecule has 1 aromatic carbocycles. The maximum atomic E-state index is 13.3. The van der Waals surface area contributed by atoms with E-state index in [2.05, 4.69) is 20.4 Å². The van der Waals surface area contributed by atoms with Crippen molar-refractivity contribution in [1.82, 2.24) is 20.4 Å². The molecule has 10 heteroatoms. The number of carbonyl (C=O) groups excluding carboxylic acids is 5. The van der Waals surface area contributed by atoms with Crippen LogP contribution in [0.25, 0.3) is 0 Å².